The van der Waals surface area contributed by atoms with Crippen LogP contribution in [0.25, 0.3) is 0 Å². The highest BCUT2D eigenvalue weighted by Gasteiger charge is 2.22. The predicted octanol–water partition coefficient (Wildman–Crippen LogP) is 0.409. The van der Waals surface area contributed by atoms with Crippen molar-refractivity contribution in [2.45, 2.75) is 51.3 Å². The quantitative estimate of drug-likeness (QED) is 0.536. The molecule has 0 aliphatic rings. The minimum atomic E-state index is -1.18. The maximum Gasteiger partial charge on any atom is 0.408 e. The van der Waals surface area contributed by atoms with E-state index < -0.39 is 35.7 Å². The summed E-state index contributed by atoms with van der Waals surface area (Å²) in [7, 11) is 0. The van der Waals surface area contributed by atoms with E-state index in [1.807, 2.05) is 0 Å². The molecule has 0 aromatic rings. The smallest absolute Gasteiger partial charge is 0.408 e. The second-order valence-electron chi connectivity index (χ2n) is 5.30. The minimum absolute atomic E-state index is 0.0748. The van der Waals surface area contributed by atoms with Crippen molar-refractivity contribution in [3.8, 4) is 24.7 Å². The fraction of sp³-hybridized carbons (Fsp3) is 0.533. The summed E-state index contributed by atoms with van der Waals surface area (Å²) in [6.07, 6.45) is 8.97. The Hall–Kier alpha value is -2.71. The summed E-state index contributed by atoms with van der Waals surface area (Å²) in [6.45, 7) is 5.05. The highest BCUT2D eigenvalue weighted by atomic mass is 16.6. The minimum Gasteiger partial charge on any atom is -0.480 e. The van der Waals surface area contributed by atoms with Crippen molar-refractivity contribution in [2.24, 2.45) is 5.73 Å². The molecule has 2 atom stereocenters. The third kappa shape index (κ3) is 14.0. The number of carbonyl (C=O) groups excluding carboxylic acids is 1. The molecule has 0 heterocycles. The van der Waals surface area contributed by atoms with Crippen molar-refractivity contribution in [1.29, 1.82) is 0 Å². The molecule has 0 rings (SSSR count). The third-order valence-electron chi connectivity index (χ3n) is 1.97. The van der Waals surface area contributed by atoms with Gasteiger partial charge in [-0.05, 0) is 20.8 Å². The second-order valence-corrected chi connectivity index (χ2v) is 5.30. The summed E-state index contributed by atoms with van der Waals surface area (Å²) < 4.78 is 4.88. The van der Waals surface area contributed by atoms with E-state index in [-0.39, 0.29) is 12.8 Å². The Morgan fingerprint density at radius 3 is 1.87 bits per heavy atom. The van der Waals surface area contributed by atoms with Gasteiger partial charge in [0.15, 0.2) is 0 Å². The molecular formula is C15H22N2O6. The number of carboxylic acids is 2. The lowest BCUT2D eigenvalue weighted by Crippen LogP contribution is -2.43. The normalized spacial score (nSPS) is 12.3. The molecule has 1 amide bonds. The molecule has 0 spiro atoms. The van der Waals surface area contributed by atoms with Crippen LogP contribution in [-0.4, -0.2) is 45.9 Å². The molecule has 0 aromatic carbocycles. The maximum absolute atomic E-state index is 11.2. The zero-order valence-electron chi connectivity index (χ0n) is 13.3. The van der Waals surface area contributed by atoms with Crippen LogP contribution in [0.1, 0.15) is 33.6 Å². The number of hydrogen-bond donors (Lipinski definition) is 4. The van der Waals surface area contributed by atoms with Crippen molar-refractivity contribution < 1.29 is 29.3 Å². The van der Waals surface area contributed by atoms with Crippen molar-refractivity contribution in [1.82, 2.24) is 5.32 Å². The monoisotopic (exact) mass is 326 g/mol. The Morgan fingerprint density at radius 1 is 1.13 bits per heavy atom. The van der Waals surface area contributed by atoms with Gasteiger partial charge in [0.1, 0.15) is 17.7 Å². The molecule has 0 saturated heterocycles. The van der Waals surface area contributed by atoms with Gasteiger partial charge in [0, 0.05) is 12.8 Å². The van der Waals surface area contributed by atoms with Crippen LogP contribution in [0.15, 0.2) is 0 Å². The topological polar surface area (TPSA) is 139 Å². The molecule has 0 aliphatic heterocycles. The van der Waals surface area contributed by atoms with E-state index in [4.69, 9.17) is 33.5 Å². The number of carboxylic acid groups (broad SMARTS) is 2. The summed E-state index contributed by atoms with van der Waals surface area (Å²) in [4.78, 5) is 31.7. The van der Waals surface area contributed by atoms with Crippen LogP contribution >= 0.6 is 0 Å². The summed E-state index contributed by atoms with van der Waals surface area (Å²) in [5, 5.41) is 18.9. The third-order valence-corrected chi connectivity index (χ3v) is 1.97. The zero-order valence-corrected chi connectivity index (χ0v) is 13.3. The summed E-state index contributed by atoms with van der Waals surface area (Å²) in [5.74, 6) is 2.07. The van der Waals surface area contributed by atoms with E-state index in [2.05, 4.69) is 17.2 Å². The molecule has 0 aromatic heterocycles. The molecule has 8 nitrogen and oxygen atoms in total. The lowest BCUT2D eigenvalue weighted by Gasteiger charge is -2.21. The van der Waals surface area contributed by atoms with E-state index in [1.54, 1.807) is 20.8 Å². The van der Waals surface area contributed by atoms with Gasteiger partial charge in [-0.3, -0.25) is 4.79 Å². The Labute approximate surface area is 135 Å². The molecule has 2 unspecified atom stereocenters. The number of ether oxygens (including phenoxy) is 1. The molecule has 5 N–H and O–H groups in total. The highest BCUT2D eigenvalue weighted by Crippen LogP contribution is 2.07. The number of rotatable bonds is 5. The van der Waals surface area contributed by atoms with E-state index in [1.165, 1.54) is 0 Å². The first-order chi connectivity index (χ1) is 10.4. The van der Waals surface area contributed by atoms with Crippen LogP contribution in [0.4, 0.5) is 4.79 Å². The molecule has 0 fully saturated rings. The molecular weight excluding hydrogens is 304 g/mol. The van der Waals surface area contributed by atoms with E-state index >= 15 is 0 Å². The summed E-state index contributed by atoms with van der Waals surface area (Å²) in [6, 6.07) is -2.01. The molecule has 0 aliphatic carbocycles. The van der Waals surface area contributed by atoms with Gasteiger partial charge in [-0.15, -0.1) is 24.7 Å². The number of nitrogens with two attached hydrogens (primary N) is 1. The first-order valence-electron chi connectivity index (χ1n) is 6.52. The van der Waals surface area contributed by atoms with Crippen LogP contribution in [0.3, 0.4) is 0 Å². The molecule has 23 heavy (non-hydrogen) atoms. The van der Waals surface area contributed by atoms with Crippen molar-refractivity contribution >= 4 is 18.0 Å². The molecule has 0 saturated carbocycles. The average Bonchev–Trinajstić information content (AvgIpc) is 2.36. The Morgan fingerprint density at radius 2 is 1.61 bits per heavy atom. The first kappa shape index (κ1) is 22.6. The van der Waals surface area contributed by atoms with E-state index in [0.29, 0.717) is 0 Å². The lowest BCUT2D eigenvalue weighted by molar-refractivity contribution is -0.139. The van der Waals surface area contributed by atoms with Crippen molar-refractivity contribution in [2.75, 3.05) is 0 Å². The maximum atomic E-state index is 11.2. The number of aliphatic carboxylic acids is 2. The van der Waals surface area contributed by atoms with Gasteiger partial charge in [0.05, 0.1) is 0 Å². The highest BCUT2D eigenvalue weighted by molar-refractivity contribution is 5.80. The Balaban J connectivity index is 0. The fourth-order valence-corrected chi connectivity index (χ4v) is 0.982. The average molecular weight is 326 g/mol. The lowest BCUT2D eigenvalue weighted by atomic mass is 10.2. The van der Waals surface area contributed by atoms with Crippen molar-refractivity contribution in [3.05, 3.63) is 0 Å². The van der Waals surface area contributed by atoms with Crippen LogP contribution in [-0.2, 0) is 14.3 Å². The van der Waals surface area contributed by atoms with Gasteiger partial charge in [0.2, 0.25) is 0 Å². The van der Waals surface area contributed by atoms with Crippen LogP contribution in [0.5, 0.6) is 0 Å². The Kier molecular flexibility index (Phi) is 10.7. The van der Waals surface area contributed by atoms with Crippen molar-refractivity contribution in [3.63, 3.8) is 0 Å². The Bertz CT molecular complexity index is 496. The molecule has 0 bridgehead atoms. The van der Waals surface area contributed by atoms with Gasteiger partial charge < -0.3 is 26.0 Å². The van der Waals surface area contributed by atoms with Crippen LogP contribution < -0.4 is 11.1 Å². The van der Waals surface area contributed by atoms with Gasteiger partial charge in [-0.2, -0.15) is 0 Å². The van der Waals surface area contributed by atoms with Gasteiger partial charge in [-0.1, -0.05) is 0 Å². The standard InChI is InChI=1S/C10H15NO4.C5H7NO2/c1-5-6-7(8(12)13)11-9(14)15-10(2,3)4;1-2-3-4(6)5(7)8/h1,7H,6H2,2-4H3,(H,11,14)(H,12,13);1,4H,3,6H2,(H,7,8). The predicted molar refractivity (Wildman–Crippen MR) is 83.3 cm³/mol. The fourth-order valence-electron chi connectivity index (χ4n) is 0.982. The van der Waals surface area contributed by atoms with E-state index in [9.17, 15) is 14.4 Å². The SMILES string of the molecule is C#CCC(N)C(=O)O.C#CCC(NC(=O)OC(C)(C)C)C(=O)O. The van der Waals surface area contributed by atoms with Gasteiger partial charge in [0.25, 0.3) is 0 Å². The summed E-state index contributed by atoms with van der Waals surface area (Å²) in [5.41, 5.74) is 4.32. The number of terminal acetylenes is 2. The van der Waals surface area contributed by atoms with Gasteiger partial charge in [-0.25, -0.2) is 9.59 Å². The largest absolute Gasteiger partial charge is 0.480 e. The van der Waals surface area contributed by atoms with Crippen LogP contribution in [0, 0.1) is 24.7 Å². The summed E-state index contributed by atoms with van der Waals surface area (Å²) >= 11 is 0. The molecule has 128 valence electrons. The van der Waals surface area contributed by atoms with Crippen LogP contribution in [0.2, 0.25) is 0 Å². The first-order valence-corrected chi connectivity index (χ1v) is 6.52. The number of amides is 1. The number of nitrogens with one attached hydrogen (secondary N) is 1. The second kappa shape index (κ2) is 10.9. The zero-order chi connectivity index (χ0) is 18.6. The molecule has 0 radical (unpaired) electrons. The number of hydrogen-bond acceptors (Lipinski definition) is 5. The number of alkyl carbamates (subject to hydrolysis) is 1. The molecule has 8 heteroatoms. The van der Waals surface area contributed by atoms with Gasteiger partial charge >= 0.3 is 18.0 Å². The number of carbonyl (C=O) groups is 3. The van der Waals surface area contributed by atoms with E-state index in [0.717, 1.165) is 0 Å².